The molecule has 4 aromatic rings. The zero-order chi connectivity index (χ0) is 37.6. The normalized spacial score (nSPS) is 15.8. The predicted molar refractivity (Wildman–Crippen MR) is 208 cm³/mol. The van der Waals surface area contributed by atoms with E-state index in [1.165, 1.54) is 67.0 Å². The smallest absolute Gasteiger partial charge is 0.261 e. The SMILES string of the molecule is COc1cc(Cc2cc(OC)c(OC)cc2NS(=O)(=O)c2ccc(C3CCCCC3)cc2)c(NS(=O)(=O)c2ccc(C3CCCCC3)cc2)cc1OC. The second-order valence-electron chi connectivity index (χ2n) is 13.9. The topological polar surface area (TPSA) is 129 Å². The highest BCUT2D eigenvalue weighted by atomic mass is 32.2. The molecular formula is C41H50N2O8S2. The van der Waals surface area contributed by atoms with Crippen molar-refractivity contribution in [3.63, 3.8) is 0 Å². The number of rotatable bonds is 14. The van der Waals surface area contributed by atoms with E-state index in [1.807, 2.05) is 24.3 Å². The maximum Gasteiger partial charge on any atom is 0.261 e. The Balaban J connectivity index is 1.33. The summed E-state index contributed by atoms with van der Waals surface area (Å²) in [5.41, 5.74) is 3.82. The molecule has 0 unspecified atom stereocenters. The Morgan fingerprint density at radius 2 is 0.811 bits per heavy atom. The molecule has 0 aliphatic heterocycles. The highest BCUT2D eigenvalue weighted by Gasteiger charge is 2.24. The fourth-order valence-electron chi connectivity index (χ4n) is 7.65. The molecule has 0 bridgehead atoms. The molecule has 2 N–H and O–H groups in total. The third-order valence-corrected chi connectivity index (χ3v) is 13.4. The van der Waals surface area contributed by atoms with Gasteiger partial charge in [0.1, 0.15) is 0 Å². The van der Waals surface area contributed by atoms with Gasteiger partial charge in [-0.1, -0.05) is 62.8 Å². The second-order valence-corrected chi connectivity index (χ2v) is 17.3. The minimum absolute atomic E-state index is 0.0810. The Labute approximate surface area is 314 Å². The number of hydrogen-bond donors (Lipinski definition) is 2. The molecule has 2 saturated carbocycles. The quantitative estimate of drug-likeness (QED) is 0.130. The first-order chi connectivity index (χ1) is 25.5. The molecule has 2 aliphatic carbocycles. The number of methoxy groups -OCH3 is 4. The average Bonchev–Trinajstić information content (AvgIpc) is 3.19. The number of anilines is 2. The number of nitrogens with one attached hydrogen (secondary N) is 2. The van der Waals surface area contributed by atoms with Crippen LogP contribution in [0.2, 0.25) is 0 Å². The van der Waals surface area contributed by atoms with Crippen molar-refractivity contribution in [2.45, 2.75) is 92.3 Å². The summed E-state index contributed by atoms with van der Waals surface area (Å²) >= 11 is 0. The lowest BCUT2D eigenvalue weighted by Crippen LogP contribution is -2.16. The van der Waals surface area contributed by atoms with Crippen LogP contribution in [0.15, 0.2) is 82.6 Å². The summed E-state index contributed by atoms with van der Waals surface area (Å²) in [6.45, 7) is 0. The summed E-state index contributed by atoms with van der Waals surface area (Å²) in [6.07, 6.45) is 11.8. The van der Waals surface area contributed by atoms with Crippen LogP contribution in [0.1, 0.15) is 98.3 Å². The van der Waals surface area contributed by atoms with Crippen LogP contribution < -0.4 is 28.4 Å². The fraction of sp³-hybridized carbons (Fsp3) is 0.415. The van der Waals surface area contributed by atoms with E-state index < -0.39 is 20.0 Å². The Morgan fingerprint density at radius 3 is 1.13 bits per heavy atom. The summed E-state index contributed by atoms with van der Waals surface area (Å²) < 4.78 is 83.3. The Hall–Kier alpha value is -4.42. The molecule has 2 aliphatic rings. The fourth-order valence-corrected chi connectivity index (χ4v) is 9.83. The third kappa shape index (κ3) is 8.87. The highest BCUT2D eigenvalue weighted by Crippen LogP contribution is 2.40. The van der Waals surface area contributed by atoms with E-state index in [1.54, 1.807) is 48.5 Å². The van der Waals surface area contributed by atoms with Crippen LogP contribution in [-0.2, 0) is 26.5 Å². The van der Waals surface area contributed by atoms with Crippen molar-refractivity contribution in [2.75, 3.05) is 37.9 Å². The van der Waals surface area contributed by atoms with E-state index in [2.05, 4.69) is 9.44 Å². The van der Waals surface area contributed by atoms with Gasteiger partial charge in [0.2, 0.25) is 0 Å². The van der Waals surface area contributed by atoms with Gasteiger partial charge in [0, 0.05) is 18.6 Å². The zero-order valence-electron chi connectivity index (χ0n) is 30.9. The van der Waals surface area contributed by atoms with Gasteiger partial charge in [-0.15, -0.1) is 0 Å². The number of hydrogen-bond acceptors (Lipinski definition) is 8. The third-order valence-electron chi connectivity index (χ3n) is 10.6. The van der Waals surface area contributed by atoms with Gasteiger partial charge in [-0.05, 0) is 96.2 Å². The van der Waals surface area contributed by atoms with E-state index in [0.29, 0.717) is 46.0 Å². The first kappa shape index (κ1) is 38.3. The molecule has 6 rings (SSSR count). The summed E-state index contributed by atoms with van der Waals surface area (Å²) in [5, 5.41) is 0. The molecule has 0 spiro atoms. The molecule has 0 radical (unpaired) electrons. The number of benzene rings is 4. The van der Waals surface area contributed by atoms with Crippen LogP contribution in [0.3, 0.4) is 0 Å². The lowest BCUT2D eigenvalue weighted by molar-refractivity contribution is 0.354. The molecule has 10 nitrogen and oxygen atoms in total. The van der Waals surface area contributed by atoms with Gasteiger partial charge in [0.25, 0.3) is 20.0 Å². The number of sulfonamides is 2. The van der Waals surface area contributed by atoms with E-state index in [0.717, 1.165) is 36.8 Å². The molecule has 2 fully saturated rings. The first-order valence-electron chi connectivity index (χ1n) is 18.3. The van der Waals surface area contributed by atoms with Crippen molar-refractivity contribution in [1.29, 1.82) is 0 Å². The van der Waals surface area contributed by atoms with Crippen LogP contribution in [0, 0.1) is 0 Å². The van der Waals surface area contributed by atoms with Crippen molar-refractivity contribution in [1.82, 2.24) is 0 Å². The van der Waals surface area contributed by atoms with Gasteiger partial charge in [-0.2, -0.15) is 0 Å². The molecule has 0 heterocycles. The molecule has 0 saturated heterocycles. The van der Waals surface area contributed by atoms with Gasteiger partial charge in [-0.25, -0.2) is 16.8 Å². The molecular weight excluding hydrogens is 713 g/mol. The van der Waals surface area contributed by atoms with E-state index in [9.17, 15) is 16.8 Å². The lowest BCUT2D eigenvalue weighted by atomic mass is 9.84. The Kier molecular flexibility index (Phi) is 12.1. The van der Waals surface area contributed by atoms with Crippen LogP contribution in [0.5, 0.6) is 23.0 Å². The molecule has 284 valence electrons. The summed E-state index contributed by atoms with van der Waals surface area (Å²) in [6, 6.07) is 20.7. The van der Waals surface area contributed by atoms with Crippen LogP contribution in [0.4, 0.5) is 11.4 Å². The van der Waals surface area contributed by atoms with Crippen molar-refractivity contribution < 1.29 is 35.8 Å². The monoisotopic (exact) mass is 762 g/mol. The average molecular weight is 763 g/mol. The molecule has 12 heteroatoms. The highest BCUT2D eigenvalue weighted by molar-refractivity contribution is 7.93. The maximum atomic E-state index is 13.9. The van der Waals surface area contributed by atoms with Crippen molar-refractivity contribution in [3.05, 3.63) is 95.1 Å². The molecule has 4 aromatic carbocycles. The molecule has 0 atom stereocenters. The van der Waals surface area contributed by atoms with Gasteiger partial charge in [-0.3, -0.25) is 9.44 Å². The molecule has 0 aromatic heterocycles. The van der Waals surface area contributed by atoms with Gasteiger partial charge in [0.15, 0.2) is 23.0 Å². The second kappa shape index (κ2) is 16.7. The molecule has 53 heavy (non-hydrogen) atoms. The lowest BCUT2D eigenvalue weighted by Gasteiger charge is -2.22. The van der Waals surface area contributed by atoms with Crippen molar-refractivity contribution in [3.8, 4) is 23.0 Å². The maximum absolute atomic E-state index is 13.9. The van der Waals surface area contributed by atoms with Gasteiger partial charge in [0.05, 0.1) is 49.6 Å². The van der Waals surface area contributed by atoms with E-state index in [4.69, 9.17) is 18.9 Å². The zero-order valence-corrected chi connectivity index (χ0v) is 32.6. The Bertz CT molecular complexity index is 1940. The first-order valence-corrected chi connectivity index (χ1v) is 21.3. The van der Waals surface area contributed by atoms with Crippen molar-refractivity contribution >= 4 is 31.4 Å². The van der Waals surface area contributed by atoms with E-state index >= 15 is 0 Å². The number of ether oxygens (including phenoxy) is 4. The van der Waals surface area contributed by atoms with Gasteiger partial charge < -0.3 is 18.9 Å². The van der Waals surface area contributed by atoms with Crippen LogP contribution >= 0.6 is 0 Å². The predicted octanol–water partition coefficient (Wildman–Crippen LogP) is 9.01. The largest absolute Gasteiger partial charge is 0.493 e. The minimum Gasteiger partial charge on any atom is -0.493 e. The summed E-state index contributed by atoms with van der Waals surface area (Å²) in [4.78, 5) is 0.263. The molecule has 0 amide bonds. The van der Waals surface area contributed by atoms with Crippen LogP contribution in [0.25, 0.3) is 0 Å². The standard InChI is InChI=1S/C41H50N2O8S2/c1-48-38-24-32(36(26-40(38)50-3)42-52(44,45)34-19-15-30(16-20-34)28-11-7-5-8-12-28)23-33-25-39(49-2)41(51-4)27-37(33)43-53(46,47)35-21-17-31(18-22-35)29-13-9-6-10-14-29/h15-22,24-29,42-43H,5-14,23H2,1-4H3. The summed E-state index contributed by atoms with van der Waals surface area (Å²) in [7, 11) is -2.13. The van der Waals surface area contributed by atoms with E-state index in [-0.39, 0.29) is 27.6 Å². The Morgan fingerprint density at radius 1 is 0.491 bits per heavy atom. The van der Waals surface area contributed by atoms with Crippen LogP contribution in [-0.4, -0.2) is 45.3 Å². The minimum atomic E-state index is -4.03. The van der Waals surface area contributed by atoms with Gasteiger partial charge >= 0.3 is 0 Å². The van der Waals surface area contributed by atoms with Crippen molar-refractivity contribution in [2.24, 2.45) is 0 Å². The summed E-state index contributed by atoms with van der Waals surface area (Å²) in [5.74, 6) is 2.30.